The van der Waals surface area contributed by atoms with Gasteiger partial charge >= 0.3 is 0 Å². The number of methoxy groups -OCH3 is 2. The molecule has 0 saturated carbocycles. The number of hydrogen-bond acceptors (Lipinski definition) is 3. The molecule has 0 heterocycles. The third kappa shape index (κ3) is 19.4. The maximum atomic E-state index is 5.80. The zero-order chi connectivity index (χ0) is 23.0. The lowest BCUT2D eigenvalue weighted by Gasteiger charge is -2.27. The Balaban J connectivity index is 4.32. The molecule has 0 aromatic rings. The van der Waals surface area contributed by atoms with Gasteiger partial charge in [-0.3, -0.25) is 0 Å². The van der Waals surface area contributed by atoms with E-state index in [9.17, 15) is 0 Å². The van der Waals surface area contributed by atoms with Crippen LogP contribution in [0.1, 0.15) is 129 Å². The quantitative estimate of drug-likeness (QED) is 0.0768. The predicted molar refractivity (Wildman–Crippen MR) is 136 cm³/mol. The highest BCUT2D eigenvalue weighted by molar-refractivity contribution is 6.17. The first kappa shape index (κ1) is 31.2. The molecule has 0 saturated heterocycles. The molecule has 2 atom stereocenters. The van der Waals surface area contributed by atoms with E-state index < -0.39 is 0 Å². The molecule has 3 nitrogen and oxygen atoms in total. The second-order valence-corrected chi connectivity index (χ2v) is 9.56. The van der Waals surface area contributed by atoms with Gasteiger partial charge in [0.15, 0.2) is 6.29 Å². The molecule has 0 radical (unpaired) electrons. The van der Waals surface area contributed by atoms with Gasteiger partial charge in [0.1, 0.15) is 6.07 Å². The van der Waals surface area contributed by atoms with Gasteiger partial charge in [-0.15, -0.1) is 0 Å². The first-order valence-corrected chi connectivity index (χ1v) is 14.0. The van der Waals surface area contributed by atoms with Crippen LogP contribution in [0.15, 0.2) is 0 Å². The molecule has 4 heteroatoms. The third-order valence-electron chi connectivity index (χ3n) is 6.62. The van der Waals surface area contributed by atoms with Crippen molar-refractivity contribution in [3.63, 3.8) is 0 Å². The lowest BCUT2D eigenvalue weighted by molar-refractivity contribution is -0.141. The minimum absolute atomic E-state index is 0.0896. The fourth-order valence-corrected chi connectivity index (χ4v) is 4.71. The minimum Gasteiger partial charge on any atom is -0.365 e. The first-order valence-electron chi connectivity index (χ1n) is 13.4. The number of alkyl halides is 1. The Morgan fingerprint density at radius 1 is 0.581 bits per heavy atom. The summed E-state index contributed by atoms with van der Waals surface area (Å²) in [4.78, 5) is 0. The van der Waals surface area contributed by atoms with Gasteiger partial charge in [0.2, 0.25) is 0 Å². The summed E-state index contributed by atoms with van der Waals surface area (Å²) in [6.07, 6.45) is 23.6. The number of unbranched alkanes of at least 4 members (excludes halogenated alkanes) is 12. The molecule has 2 unspecified atom stereocenters. The van der Waals surface area contributed by atoms with Crippen LogP contribution in [0.4, 0.5) is 0 Å². The average Bonchev–Trinajstić information content (AvgIpc) is 2.79. The minimum atomic E-state index is -0.0896. The van der Waals surface area contributed by atoms with Crippen LogP contribution in [0.2, 0.25) is 0 Å². The van der Waals surface area contributed by atoms with Crippen LogP contribution in [0.5, 0.6) is 0 Å². The number of ether oxygens (including phenoxy) is 3. The van der Waals surface area contributed by atoms with E-state index in [2.05, 4.69) is 13.8 Å². The highest BCUT2D eigenvalue weighted by atomic mass is 35.5. The number of halogens is 1. The van der Waals surface area contributed by atoms with E-state index >= 15 is 0 Å². The van der Waals surface area contributed by atoms with Crippen LogP contribution in [0.25, 0.3) is 0 Å². The average molecular weight is 463 g/mol. The molecule has 0 rings (SSSR count). The summed E-state index contributed by atoms with van der Waals surface area (Å²) in [6, 6.07) is 0.299. The van der Waals surface area contributed by atoms with E-state index in [1.807, 2.05) is 0 Å². The van der Waals surface area contributed by atoms with Crippen molar-refractivity contribution in [1.29, 1.82) is 0 Å². The number of hydrogen-bond donors (Lipinski definition) is 0. The van der Waals surface area contributed by atoms with E-state index in [1.165, 1.54) is 109 Å². The Labute approximate surface area is 200 Å². The Morgan fingerprint density at radius 2 is 1.06 bits per heavy atom. The van der Waals surface area contributed by atoms with Crippen molar-refractivity contribution in [1.82, 2.24) is 0 Å². The maximum Gasteiger partial charge on any atom is 0.159 e. The number of rotatable bonds is 25. The second kappa shape index (κ2) is 24.8. The van der Waals surface area contributed by atoms with Crippen molar-refractivity contribution in [3.8, 4) is 0 Å². The zero-order valence-electron chi connectivity index (χ0n) is 21.5. The largest absolute Gasteiger partial charge is 0.365 e. The van der Waals surface area contributed by atoms with Crippen molar-refractivity contribution in [2.45, 2.75) is 136 Å². The van der Waals surface area contributed by atoms with Crippen LogP contribution in [-0.4, -0.2) is 33.2 Å². The van der Waals surface area contributed by atoms with Gasteiger partial charge < -0.3 is 14.2 Å². The van der Waals surface area contributed by atoms with Crippen LogP contribution in [0, 0.1) is 11.8 Å². The van der Waals surface area contributed by atoms with Crippen LogP contribution < -0.4 is 0 Å². The second-order valence-electron chi connectivity index (χ2n) is 9.34. The molecular formula is C27H55ClO3. The van der Waals surface area contributed by atoms with Crippen LogP contribution >= 0.6 is 11.6 Å². The van der Waals surface area contributed by atoms with E-state index in [-0.39, 0.29) is 6.29 Å². The summed E-state index contributed by atoms with van der Waals surface area (Å²) in [7, 11) is 3.55. The third-order valence-corrected chi connectivity index (χ3v) is 6.77. The Hall–Kier alpha value is 0.170. The molecule has 0 N–H and O–H groups in total. The standard InChI is InChI=1S/C27H55ClO3/c1-5-7-9-11-13-15-17-19-25(23-31-24-28)21-22-26(27(29-3)30-4)20-18-16-14-12-10-8-6-2/h25-27H,5-24H2,1-4H3. The highest BCUT2D eigenvalue weighted by Crippen LogP contribution is 2.27. The normalized spacial score (nSPS) is 13.7. The molecule has 0 amide bonds. The summed E-state index contributed by atoms with van der Waals surface area (Å²) < 4.78 is 16.9. The highest BCUT2D eigenvalue weighted by Gasteiger charge is 2.22. The maximum absolute atomic E-state index is 5.80. The molecule has 0 fully saturated rings. The topological polar surface area (TPSA) is 27.7 Å². The predicted octanol–water partition coefficient (Wildman–Crippen LogP) is 9.11. The van der Waals surface area contributed by atoms with Crippen LogP contribution in [0.3, 0.4) is 0 Å². The summed E-state index contributed by atoms with van der Waals surface area (Å²) in [6.45, 7) is 5.34. The van der Waals surface area contributed by atoms with Gasteiger partial charge in [-0.2, -0.15) is 0 Å². The van der Waals surface area contributed by atoms with Crippen molar-refractivity contribution in [2.75, 3.05) is 26.9 Å². The summed E-state index contributed by atoms with van der Waals surface area (Å²) in [5.41, 5.74) is 0. The summed E-state index contributed by atoms with van der Waals surface area (Å²) in [5.74, 6) is 1.07. The van der Waals surface area contributed by atoms with Crippen molar-refractivity contribution < 1.29 is 14.2 Å². The molecule has 0 aliphatic rings. The van der Waals surface area contributed by atoms with E-state index in [0.29, 0.717) is 17.9 Å². The fraction of sp³-hybridized carbons (Fsp3) is 1.00. The van der Waals surface area contributed by atoms with E-state index in [0.717, 1.165) is 13.0 Å². The molecule has 0 spiro atoms. The van der Waals surface area contributed by atoms with Gasteiger partial charge in [0.25, 0.3) is 0 Å². The lowest BCUT2D eigenvalue weighted by Crippen LogP contribution is -2.26. The molecule has 0 aliphatic carbocycles. The molecule has 0 aliphatic heterocycles. The van der Waals surface area contributed by atoms with Crippen molar-refractivity contribution in [3.05, 3.63) is 0 Å². The first-order chi connectivity index (χ1) is 15.2. The monoisotopic (exact) mass is 462 g/mol. The van der Waals surface area contributed by atoms with Crippen LogP contribution in [-0.2, 0) is 14.2 Å². The van der Waals surface area contributed by atoms with Gasteiger partial charge in [0.05, 0.1) is 6.61 Å². The van der Waals surface area contributed by atoms with Gasteiger partial charge in [0, 0.05) is 20.1 Å². The Bertz CT molecular complexity index is 336. The van der Waals surface area contributed by atoms with Gasteiger partial charge in [-0.25, -0.2) is 0 Å². The van der Waals surface area contributed by atoms with Gasteiger partial charge in [-0.1, -0.05) is 115 Å². The molecule has 0 aromatic carbocycles. The zero-order valence-corrected chi connectivity index (χ0v) is 22.2. The van der Waals surface area contributed by atoms with Crippen molar-refractivity contribution >= 4 is 11.6 Å². The lowest BCUT2D eigenvalue weighted by atomic mass is 9.88. The Kier molecular flexibility index (Phi) is 24.9. The molecule has 0 aromatic heterocycles. The fourth-order valence-electron chi connectivity index (χ4n) is 4.62. The Morgan fingerprint density at radius 3 is 1.55 bits per heavy atom. The summed E-state index contributed by atoms with van der Waals surface area (Å²) in [5, 5.41) is 0. The summed E-state index contributed by atoms with van der Waals surface area (Å²) >= 11 is 5.80. The smallest absolute Gasteiger partial charge is 0.159 e. The van der Waals surface area contributed by atoms with Crippen molar-refractivity contribution in [2.24, 2.45) is 11.8 Å². The van der Waals surface area contributed by atoms with Gasteiger partial charge in [-0.05, 0) is 31.6 Å². The SMILES string of the molecule is CCCCCCCCCC(CCC(CCCCCCCCC)C(OC)OC)COCCl. The molecule has 188 valence electrons. The van der Waals surface area contributed by atoms with E-state index in [1.54, 1.807) is 14.2 Å². The molecule has 31 heavy (non-hydrogen) atoms. The molecular weight excluding hydrogens is 408 g/mol. The van der Waals surface area contributed by atoms with E-state index in [4.69, 9.17) is 25.8 Å². The molecule has 0 bridgehead atoms.